The van der Waals surface area contributed by atoms with Gasteiger partial charge in [0.2, 0.25) is 0 Å². The van der Waals surface area contributed by atoms with Crippen LogP contribution in [0.4, 0.5) is 0 Å². The van der Waals surface area contributed by atoms with E-state index in [2.05, 4.69) is 13.8 Å². The van der Waals surface area contributed by atoms with Gasteiger partial charge in [0, 0.05) is 11.1 Å². The molecule has 3 rings (SSSR count). The Bertz CT molecular complexity index is 499. The first kappa shape index (κ1) is 11.9. The number of aromatic hydroxyl groups is 1. The van der Waals surface area contributed by atoms with Gasteiger partial charge in [0.05, 0.1) is 0 Å². The van der Waals surface area contributed by atoms with E-state index in [0.29, 0.717) is 5.75 Å². The molecule has 1 aromatic rings. The van der Waals surface area contributed by atoms with E-state index in [1.807, 2.05) is 6.92 Å². The number of benzene rings is 1. The molecule has 1 spiro atoms. The van der Waals surface area contributed by atoms with E-state index < -0.39 is 0 Å². The SMILES string of the molecule is CCc1c(O)c(C)c(C)c2c1CCC1(CCC1)O2. The summed E-state index contributed by atoms with van der Waals surface area (Å²) in [6.07, 6.45) is 6.76. The molecule has 0 amide bonds. The zero-order valence-corrected chi connectivity index (χ0v) is 11.6. The maximum atomic E-state index is 10.3. The van der Waals surface area contributed by atoms with Crippen LogP contribution in [-0.4, -0.2) is 10.7 Å². The summed E-state index contributed by atoms with van der Waals surface area (Å²) in [7, 11) is 0. The molecule has 1 N–H and O–H groups in total. The van der Waals surface area contributed by atoms with Gasteiger partial charge in [-0.3, -0.25) is 0 Å². The molecule has 0 saturated heterocycles. The molecule has 1 aliphatic carbocycles. The highest BCUT2D eigenvalue weighted by Crippen LogP contribution is 2.49. The first-order valence-electron chi connectivity index (χ1n) is 7.11. The van der Waals surface area contributed by atoms with Gasteiger partial charge in [0.25, 0.3) is 0 Å². The zero-order valence-electron chi connectivity index (χ0n) is 11.6. The van der Waals surface area contributed by atoms with Gasteiger partial charge in [-0.15, -0.1) is 0 Å². The van der Waals surface area contributed by atoms with Gasteiger partial charge in [-0.05, 0) is 63.5 Å². The van der Waals surface area contributed by atoms with Crippen molar-refractivity contribution in [3.8, 4) is 11.5 Å². The molecule has 0 aromatic heterocycles. The summed E-state index contributed by atoms with van der Waals surface area (Å²) in [5.74, 6) is 1.56. The van der Waals surface area contributed by atoms with Crippen molar-refractivity contribution < 1.29 is 9.84 Å². The fourth-order valence-corrected chi connectivity index (χ4v) is 3.41. The lowest BCUT2D eigenvalue weighted by Gasteiger charge is -2.46. The van der Waals surface area contributed by atoms with Crippen molar-refractivity contribution in [2.24, 2.45) is 0 Å². The van der Waals surface area contributed by atoms with Gasteiger partial charge in [0.15, 0.2) is 0 Å². The Kier molecular flexibility index (Phi) is 2.58. The van der Waals surface area contributed by atoms with Gasteiger partial charge >= 0.3 is 0 Å². The summed E-state index contributed by atoms with van der Waals surface area (Å²) < 4.78 is 6.35. The predicted octanol–water partition coefficient (Wildman–Crippen LogP) is 3.82. The molecule has 2 nitrogen and oxygen atoms in total. The number of hydrogen-bond donors (Lipinski definition) is 1. The van der Waals surface area contributed by atoms with E-state index in [-0.39, 0.29) is 5.60 Å². The molecule has 2 aliphatic rings. The minimum Gasteiger partial charge on any atom is -0.507 e. The van der Waals surface area contributed by atoms with E-state index in [4.69, 9.17) is 4.74 Å². The van der Waals surface area contributed by atoms with E-state index in [1.165, 1.54) is 24.8 Å². The predicted molar refractivity (Wildman–Crippen MR) is 72.5 cm³/mol. The van der Waals surface area contributed by atoms with Crippen LogP contribution in [0.15, 0.2) is 0 Å². The molecule has 1 aliphatic heterocycles. The van der Waals surface area contributed by atoms with E-state index in [0.717, 1.165) is 41.7 Å². The number of hydrogen-bond acceptors (Lipinski definition) is 2. The Morgan fingerprint density at radius 2 is 1.89 bits per heavy atom. The molecule has 18 heavy (non-hydrogen) atoms. The smallest absolute Gasteiger partial charge is 0.127 e. The Morgan fingerprint density at radius 3 is 2.44 bits per heavy atom. The summed E-state index contributed by atoms with van der Waals surface area (Å²) in [6, 6.07) is 0. The highest BCUT2D eigenvalue weighted by atomic mass is 16.5. The maximum absolute atomic E-state index is 10.3. The molecule has 1 saturated carbocycles. The molecule has 2 heteroatoms. The van der Waals surface area contributed by atoms with Crippen molar-refractivity contribution in [3.63, 3.8) is 0 Å². The summed E-state index contributed by atoms with van der Waals surface area (Å²) in [4.78, 5) is 0. The maximum Gasteiger partial charge on any atom is 0.127 e. The van der Waals surface area contributed by atoms with Crippen LogP contribution in [0.25, 0.3) is 0 Å². The highest BCUT2D eigenvalue weighted by molar-refractivity contribution is 5.59. The van der Waals surface area contributed by atoms with Crippen LogP contribution in [-0.2, 0) is 12.8 Å². The van der Waals surface area contributed by atoms with Gasteiger partial charge in [-0.2, -0.15) is 0 Å². The van der Waals surface area contributed by atoms with Gasteiger partial charge < -0.3 is 9.84 Å². The van der Waals surface area contributed by atoms with Crippen molar-refractivity contribution in [3.05, 3.63) is 22.3 Å². The quantitative estimate of drug-likeness (QED) is 0.816. The second-order valence-electron chi connectivity index (χ2n) is 5.88. The van der Waals surface area contributed by atoms with E-state index in [9.17, 15) is 5.11 Å². The first-order valence-corrected chi connectivity index (χ1v) is 7.11. The molecule has 1 heterocycles. The molecule has 0 radical (unpaired) electrons. The summed E-state index contributed by atoms with van der Waals surface area (Å²) >= 11 is 0. The van der Waals surface area contributed by atoms with Crippen LogP contribution >= 0.6 is 0 Å². The van der Waals surface area contributed by atoms with Crippen molar-refractivity contribution in [2.75, 3.05) is 0 Å². The van der Waals surface area contributed by atoms with Crippen molar-refractivity contribution in [1.82, 2.24) is 0 Å². The normalized spacial score (nSPS) is 20.2. The first-order chi connectivity index (χ1) is 8.58. The van der Waals surface area contributed by atoms with Gasteiger partial charge in [-0.25, -0.2) is 0 Å². The van der Waals surface area contributed by atoms with Crippen LogP contribution in [0.5, 0.6) is 11.5 Å². The van der Waals surface area contributed by atoms with Crippen molar-refractivity contribution >= 4 is 0 Å². The molecule has 0 bridgehead atoms. The van der Waals surface area contributed by atoms with E-state index >= 15 is 0 Å². The average molecular weight is 246 g/mol. The third-order valence-corrected chi connectivity index (χ3v) is 4.95. The van der Waals surface area contributed by atoms with Gasteiger partial charge in [-0.1, -0.05) is 6.92 Å². The van der Waals surface area contributed by atoms with Crippen LogP contribution in [0.3, 0.4) is 0 Å². The molecule has 0 atom stereocenters. The second-order valence-corrected chi connectivity index (χ2v) is 5.88. The number of phenolic OH excluding ortho intramolecular Hbond substituents is 1. The van der Waals surface area contributed by atoms with Crippen molar-refractivity contribution in [1.29, 1.82) is 0 Å². The Balaban J connectivity index is 2.14. The van der Waals surface area contributed by atoms with Gasteiger partial charge in [0.1, 0.15) is 17.1 Å². The van der Waals surface area contributed by atoms with Crippen LogP contribution in [0, 0.1) is 13.8 Å². The zero-order chi connectivity index (χ0) is 12.9. The lowest BCUT2D eigenvalue weighted by atomic mass is 9.73. The largest absolute Gasteiger partial charge is 0.507 e. The third kappa shape index (κ3) is 1.47. The number of ether oxygens (including phenoxy) is 1. The molecule has 98 valence electrons. The highest BCUT2D eigenvalue weighted by Gasteiger charge is 2.43. The van der Waals surface area contributed by atoms with Crippen LogP contribution in [0.1, 0.15) is 54.9 Å². The monoisotopic (exact) mass is 246 g/mol. The number of fused-ring (bicyclic) bond motifs is 1. The lowest BCUT2D eigenvalue weighted by Crippen LogP contribution is -2.46. The lowest BCUT2D eigenvalue weighted by molar-refractivity contribution is -0.0258. The molecule has 1 aromatic carbocycles. The standard InChI is InChI=1S/C16H22O2/c1-4-12-13-6-9-16(7-5-8-16)18-15(13)11(3)10(2)14(12)17/h17H,4-9H2,1-3H3. The summed E-state index contributed by atoms with van der Waals surface area (Å²) in [5.41, 5.74) is 4.61. The molecular weight excluding hydrogens is 224 g/mol. The third-order valence-electron chi connectivity index (χ3n) is 4.95. The van der Waals surface area contributed by atoms with Crippen LogP contribution < -0.4 is 4.74 Å². The van der Waals surface area contributed by atoms with Crippen LogP contribution in [0.2, 0.25) is 0 Å². The number of phenols is 1. The Labute approximate surface area is 109 Å². The fraction of sp³-hybridized carbons (Fsp3) is 0.625. The Morgan fingerprint density at radius 1 is 1.17 bits per heavy atom. The molecular formula is C16H22O2. The fourth-order valence-electron chi connectivity index (χ4n) is 3.41. The Hall–Kier alpha value is -1.18. The average Bonchev–Trinajstić information content (AvgIpc) is 2.35. The summed E-state index contributed by atoms with van der Waals surface area (Å²) in [5, 5.41) is 10.3. The summed E-state index contributed by atoms with van der Waals surface area (Å²) in [6.45, 7) is 6.18. The number of rotatable bonds is 1. The van der Waals surface area contributed by atoms with E-state index in [1.54, 1.807) is 0 Å². The minimum absolute atomic E-state index is 0.131. The molecule has 0 unspecified atom stereocenters. The molecule has 1 fully saturated rings. The minimum atomic E-state index is 0.131. The van der Waals surface area contributed by atoms with Crippen molar-refractivity contribution in [2.45, 2.75) is 64.9 Å². The topological polar surface area (TPSA) is 29.5 Å². The second kappa shape index (κ2) is 3.91.